The highest BCUT2D eigenvalue weighted by Gasteiger charge is 2.06. The van der Waals surface area contributed by atoms with E-state index in [1.54, 1.807) is 14.2 Å². The van der Waals surface area contributed by atoms with Crippen LogP contribution in [0.1, 0.15) is 13.3 Å². The SMILES string of the molecule is COC(CC(C)N)OC. The molecule has 1 atom stereocenters. The molecule has 3 heteroatoms. The maximum absolute atomic E-state index is 5.48. The van der Waals surface area contributed by atoms with Gasteiger partial charge in [0.15, 0.2) is 6.29 Å². The fourth-order valence-electron chi connectivity index (χ4n) is 0.592. The average molecular weight is 133 g/mol. The van der Waals surface area contributed by atoms with Crippen LogP contribution in [0, 0.1) is 0 Å². The summed E-state index contributed by atoms with van der Waals surface area (Å²) >= 11 is 0. The first kappa shape index (κ1) is 8.88. The van der Waals surface area contributed by atoms with Crippen molar-refractivity contribution in [3.8, 4) is 0 Å². The second-order valence-electron chi connectivity index (χ2n) is 2.11. The van der Waals surface area contributed by atoms with Crippen molar-refractivity contribution < 1.29 is 9.47 Å². The van der Waals surface area contributed by atoms with Crippen LogP contribution in [0.4, 0.5) is 0 Å². The topological polar surface area (TPSA) is 44.5 Å². The molecule has 0 saturated carbocycles. The van der Waals surface area contributed by atoms with Crippen LogP contribution >= 0.6 is 0 Å². The third kappa shape index (κ3) is 4.39. The number of rotatable bonds is 4. The van der Waals surface area contributed by atoms with Crippen LogP contribution in [0.3, 0.4) is 0 Å². The van der Waals surface area contributed by atoms with Gasteiger partial charge in [-0.15, -0.1) is 0 Å². The zero-order valence-electron chi connectivity index (χ0n) is 6.26. The number of nitrogens with two attached hydrogens (primary N) is 1. The Bertz CT molecular complexity index is 62.1. The Morgan fingerprint density at radius 3 is 1.89 bits per heavy atom. The van der Waals surface area contributed by atoms with E-state index < -0.39 is 0 Å². The standard InChI is InChI=1S/C6H15NO2/c1-5(7)4-6(8-2)9-3/h5-6H,4,7H2,1-3H3. The number of hydrogen-bond acceptors (Lipinski definition) is 3. The molecule has 0 spiro atoms. The minimum Gasteiger partial charge on any atom is -0.356 e. The molecule has 0 fully saturated rings. The third-order valence-electron chi connectivity index (χ3n) is 1.09. The zero-order chi connectivity index (χ0) is 7.28. The molecular formula is C6H15NO2. The molecule has 0 aromatic carbocycles. The molecule has 2 N–H and O–H groups in total. The van der Waals surface area contributed by atoms with Gasteiger partial charge in [0.05, 0.1) is 0 Å². The molecule has 3 nitrogen and oxygen atoms in total. The minimum absolute atomic E-state index is 0.134. The van der Waals surface area contributed by atoms with Gasteiger partial charge in [-0.2, -0.15) is 0 Å². The predicted octanol–water partition coefficient (Wildman–Crippen LogP) is 0.343. The van der Waals surface area contributed by atoms with Crippen LogP contribution in [-0.4, -0.2) is 26.6 Å². The fourth-order valence-corrected chi connectivity index (χ4v) is 0.592. The summed E-state index contributed by atoms with van der Waals surface area (Å²) in [6.07, 6.45) is 0.595. The first-order valence-electron chi connectivity index (χ1n) is 3.02. The average Bonchev–Trinajstić information content (AvgIpc) is 1.82. The van der Waals surface area contributed by atoms with Gasteiger partial charge in [0, 0.05) is 26.7 Å². The summed E-state index contributed by atoms with van der Waals surface area (Å²) in [5.74, 6) is 0. The Hall–Kier alpha value is -0.120. The molecule has 0 aliphatic rings. The number of methoxy groups -OCH3 is 2. The Labute approximate surface area is 56.1 Å². The molecule has 0 heterocycles. The quantitative estimate of drug-likeness (QED) is 0.562. The fraction of sp³-hybridized carbons (Fsp3) is 1.00. The molecular weight excluding hydrogens is 118 g/mol. The van der Waals surface area contributed by atoms with Crippen molar-refractivity contribution >= 4 is 0 Å². The predicted molar refractivity (Wildman–Crippen MR) is 36.1 cm³/mol. The van der Waals surface area contributed by atoms with Crippen LogP contribution < -0.4 is 5.73 Å². The van der Waals surface area contributed by atoms with Crippen molar-refractivity contribution in [3.63, 3.8) is 0 Å². The lowest BCUT2D eigenvalue weighted by Crippen LogP contribution is -2.25. The van der Waals surface area contributed by atoms with Gasteiger partial charge in [0.2, 0.25) is 0 Å². The summed E-state index contributed by atoms with van der Waals surface area (Å²) in [6.45, 7) is 1.92. The van der Waals surface area contributed by atoms with E-state index in [-0.39, 0.29) is 12.3 Å². The first-order chi connectivity index (χ1) is 4.20. The molecule has 0 aromatic rings. The normalized spacial score (nSPS) is 14.3. The summed E-state index contributed by atoms with van der Waals surface area (Å²) in [7, 11) is 3.22. The van der Waals surface area contributed by atoms with Gasteiger partial charge in [0.25, 0.3) is 0 Å². The van der Waals surface area contributed by atoms with Crippen LogP contribution in [0.2, 0.25) is 0 Å². The van der Waals surface area contributed by atoms with Crippen molar-refractivity contribution in [1.29, 1.82) is 0 Å². The van der Waals surface area contributed by atoms with Gasteiger partial charge in [-0.05, 0) is 6.92 Å². The van der Waals surface area contributed by atoms with Crippen molar-refractivity contribution in [2.75, 3.05) is 14.2 Å². The highest BCUT2D eigenvalue weighted by atomic mass is 16.7. The maximum atomic E-state index is 5.48. The van der Waals surface area contributed by atoms with Crippen LogP contribution in [0.5, 0.6) is 0 Å². The van der Waals surface area contributed by atoms with E-state index in [9.17, 15) is 0 Å². The number of hydrogen-bond donors (Lipinski definition) is 1. The zero-order valence-corrected chi connectivity index (χ0v) is 6.26. The van der Waals surface area contributed by atoms with E-state index in [4.69, 9.17) is 15.2 Å². The van der Waals surface area contributed by atoms with E-state index in [1.165, 1.54) is 0 Å². The minimum atomic E-state index is -0.148. The molecule has 0 aliphatic carbocycles. The van der Waals surface area contributed by atoms with Gasteiger partial charge < -0.3 is 15.2 Å². The van der Waals surface area contributed by atoms with Gasteiger partial charge in [-0.3, -0.25) is 0 Å². The molecule has 0 saturated heterocycles. The molecule has 1 unspecified atom stereocenters. The van der Waals surface area contributed by atoms with E-state index in [0.29, 0.717) is 0 Å². The van der Waals surface area contributed by atoms with Crippen molar-refractivity contribution in [3.05, 3.63) is 0 Å². The molecule has 9 heavy (non-hydrogen) atoms. The largest absolute Gasteiger partial charge is 0.356 e. The van der Waals surface area contributed by atoms with Crippen LogP contribution in [-0.2, 0) is 9.47 Å². The molecule has 0 aromatic heterocycles. The summed E-state index contributed by atoms with van der Waals surface area (Å²) < 4.78 is 9.82. The third-order valence-corrected chi connectivity index (χ3v) is 1.09. The van der Waals surface area contributed by atoms with Gasteiger partial charge >= 0.3 is 0 Å². The molecule has 0 bridgehead atoms. The summed E-state index contributed by atoms with van der Waals surface area (Å²) in [5, 5.41) is 0. The second-order valence-corrected chi connectivity index (χ2v) is 2.11. The Balaban J connectivity index is 3.31. The Morgan fingerprint density at radius 2 is 1.78 bits per heavy atom. The molecule has 0 radical (unpaired) electrons. The molecule has 0 rings (SSSR count). The maximum Gasteiger partial charge on any atom is 0.158 e. The van der Waals surface area contributed by atoms with Gasteiger partial charge in [0.1, 0.15) is 0 Å². The molecule has 0 aliphatic heterocycles. The van der Waals surface area contributed by atoms with E-state index in [1.807, 2.05) is 6.92 Å². The van der Waals surface area contributed by atoms with Crippen molar-refractivity contribution in [2.45, 2.75) is 25.7 Å². The lowest BCUT2D eigenvalue weighted by atomic mass is 10.2. The van der Waals surface area contributed by atoms with Crippen LogP contribution in [0.15, 0.2) is 0 Å². The number of ether oxygens (including phenoxy) is 2. The smallest absolute Gasteiger partial charge is 0.158 e. The van der Waals surface area contributed by atoms with Crippen LogP contribution in [0.25, 0.3) is 0 Å². The Morgan fingerprint density at radius 1 is 1.33 bits per heavy atom. The summed E-state index contributed by atoms with van der Waals surface area (Å²) in [6, 6.07) is 0.134. The van der Waals surface area contributed by atoms with E-state index in [0.717, 1.165) is 6.42 Å². The highest BCUT2D eigenvalue weighted by molar-refractivity contribution is 4.54. The summed E-state index contributed by atoms with van der Waals surface area (Å²) in [5.41, 5.74) is 5.48. The first-order valence-corrected chi connectivity index (χ1v) is 3.02. The second kappa shape index (κ2) is 4.73. The van der Waals surface area contributed by atoms with E-state index >= 15 is 0 Å². The van der Waals surface area contributed by atoms with E-state index in [2.05, 4.69) is 0 Å². The van der Waals surface area contributed by atoms with Gasteiger partial charge in [-0.25, -0.2) is 0 Å². The van der Waals surface area contributed by atoms with Gasteiger partial charge in [-0.1, -0.05) is 0 Å². The molecule has 0 amide bonds. The monoisotopic (exact) mass is 133 g/mol. The van der Waals surface area contributed by atoms with Crippen molar-refractivity contribution in [2.24, 2.45) is 5.73 Å². The van der Waals surface area contributed by atoms with Crippen molar-refractivity contribution in [1.82, 2.24) is 0 Å². The Kier molecular flexibility index (Phi) is 4.67. The summed E-state index contributed by atoms with van der Waals surface area (Å²) in [4.78, 5) is 0. The lowest BCUT2D eigenvalue weighted by Gasteiger charge is -2.14. The molecule has 56 valence electrons. The lowest BCUT2D eigenvalue weighted by molar-refractivity contribution is -0.108. The highest BCUT2D eigenvalue weighted by Crippen LogP contribution is 1.99.